The molecule has 1 aliphatic carbocycles. The Morgan fingerprint density at radius 1 is 1.21 bits per heavy atom. The van der Waals surface area contributed by atoms with Crippen LogP contribution in [0.3, 0.4) is 0 Å². The predicted octanol–water partition coefficient (Wildman–Crippen LogP) is 3.62. The van der Waals surface area contributed by atoms with E-state index >= 15 is 0 Å². The molecule has 7 heteroatoms. The molecule has 28 heavy (non-hydrogen) atoms. The maximum Gasteiger partial charge on any atom is 0.261 e. The second kappa shape index (κ2) is 7.48. The lowest BCUT2D eigenvalue weighted by Crippen LogP contribution is -2.32. The number of aromatic nitrogens is 2. The Kier molecular flexibility index (Phi) is 5.03. The van der Waals surface area contributed by atoms with Crippen LogP contribution in [-0.4, -0.2) is 36.6 Å². The first-order chi connectivity index (χ1) is 13.6. The molecule has 1 saturated carbocycles. The molecule has 4 rings (SSSR count). The number of hydrogen-bond acceptors (Lipinski definition) is 6. The predicted molar refractivity (Wildman–Crippen MR) is 109 cm³/mol. The normalized spacial score (nSPS) is 14.8. The fourth-order valence-electron chi connectivity index (χ4n) is 3.54. The molecule has 2 aromatic heterocycles. The molecule has 1 N–H and O–H groups in total. The Morgan fingerprint density at radius 2 is 1.96 bits per heavy atom. The van der Waals surface area contributed by atoms with Crippen LogP contribution < -0.4 is 10.1 Å². The minimum Gasteiger partial charge on any atom is -0.480 e. The van der Waals surface area contributed by atoms with E-state index in [0.717, 1.165) is 28.6 Å². The van der Waals surface area contributed by atoms with Gasteiger partial charge >= 0.3 is 0 Å². The van der Waals surface area contributed by atoms with Gasteiger partial charge in [0.2, 0.25) is 5.88 Å². The van der Waals surface area contributed by atoms with Crippen molar-refractivity contribution < 1.29 is 14.3 Å². The molecule has 1 amide bonds. The van der Waals surface area contributed by atoms with Gasteiger partial charge in [-0.3, -0.25) is 4.79 Å². The van der Waals surface area contributed by atoms with Gasteiger partial charge in [-0.2, -0.15) is 4.98 Å². The molecule has 0 unspecified atom stereocenters. The first-order valence-corrected chi connectivity index (χ1v) is 10.1. The lowest BCUT2D eigenvalue weighted by atomic mass is 9.96. The van der Waals surface area contributed by atoms with Crippen molar-refractivity contribution in [1.29, 1.82) is 0 Å². The van der Waals surface area contributed by atoms with Crippen molar-refractivity contribution in [2.45, 2.75) is 31.8 Å². The molecular weight excluding hydrogens is 374 g/mol. The van der Waals surface area contributed by atoms with Gasteiger partial charge in [0.15, 0.2) is 5.82 Å². The third kappa shape index (κ3) is 3.36. The molecule has 0 saturated heterocycles. The Morgan fingerprint density at radius 3 is 2.61 bits per heavy atom. The minimum atomic E-state index is -0.0712. The summed E-state index contributed by atoms with van der Waals surface area (Å²) in [6.07, 6.45) is 2.20. The quantitative estimate of drug-likeness (QED) is 0.659. The number of benzene rings is 1. The number of aryl methyl sites for hydroxylation is 1. The van der Waals surface area contributed by atoms with Crippen LogP contribution in [0.2, 0.25) is 0 Å². The van der Waals surface area contributed by atoms with E-state index in [4.69, 9.17) is 9.47 Å². The Hall–Kier alpha value is -2.51. The highest BCUT2D eigenvalue weighted by molar-refractivity contribution is 7.20. The van der Waals surface area contributed by atoms with Crippen molar-refractivity contribution in [1.82, 2.24) is 15.3 Å². The number of thiophene rings is 1. The van der Waals surface area contributed by atoms with Crippen molar-refractivity contribution >= 4 is 27.5 Å². The molecular formula is C21H23N3O3S. The largest absolute Gasteiger partial charge is 0.480 e. The van der Waals surface area contributed by atoms with Crippen LogP contribution in [0.5, 0.6) is 5.88 Å². The number of amides is 1. The molecule has 0 bridgehead atoms. The Bertz CT molecular complexity index is 1010. The second-order valence-corrected chi connectivity index (χ2v) is 8.15. The summed E-state index contributed by atoms with van der Waals surface area (Å²) in [5, 5.41) is 3.93. The van der Waals surface area contributed by atoms with E-state index in [9.17, 15) is 4.79 Å². The molecule has 146 valence electrons. The van der Waals surface area contributed by atoms with Gasteiger partial charge in [-0.1, -0.05) is 30.3 Å². The molecule has 1 aliphatic rings. The number of carbonyl (C=O) groups is 1. The van der Waals surface area contributed by atoms with Crippen LogP contribution in [0.25, 0.3) is 10.2 Å². The molecule has 2 heterocycles. The van der Waals surface area contributed by atoms with Crippen LogP contribution in [0.1, 0.15) is 39.5 Å². The van der Waals surface area contributed by atoms with Gasteiger partial charge in [-0.05, 0) is 30.9 Å². The summed E-state index contributed by atoms with van der Waals surface area (Å²) in [7, 11) is 3.17. The maximum atomic E-state index is 12.9. The fraction of sp³-hybridized carbons (Fsp3) is 0.381. The van der Waals surface area contributed by atoms with Crippen LogP contribution in [0.15, 0.2) is 30.3 Å². The van der Waals surface area contributed by atoms with Crippen molar-refractivity contribution in [2.75, 3.05) is 20.8 Å². The van der Waals surface area contributed by atoms with E-state index in [1.165, 1.54) is 16.9 Å². The lowest BCUT2D eigenvalue weighted by Gasteiger charge is -2.16. The highest BCUT2D eigenvalue weighted by atomic mass is 32.1. The zero-order chi connectivity index (χ0) is 19.7. The smallest absolute Gasteiger partial charge is 0.261 e. The number of rotatable bonds is 7. The highest BCUT2D eigenvalue weighted by Gasteiger charge is 2.44. The van der Waals surface area contributed by atoms with Crippen LogP contribution >= 0.6 is 11.3 Å². The van der Waals surface area contributed by atoms with Crippen molar-refractivity contribution in [3.05, 3.63) is 52.2 Å². The number of nitrogens with one attached hydrogen (secondary N) is 1. The van der Waals surface area contributed by atoms with Crippen molar-refractivity contribution in [3.8, 4) is 5.88 Å². The van der Waals surface area contributed by atoms with E-state index in [1.54, 1.807) is 14.2 Å². The lowest BCUT2D eigenvalue weighted by molar-refractivity contribution is 0.0953. The summed E-state index contributed by atoms with van der Waals surface area (Å²) >= 11 is 1.37. The second-order valence-electron chi connectivity index (χ2n) is 7.15. The van der Waals surface area contributed by atoms with E-state index < -0.39 is 0 Å². The molecule has 0 spiro atoms. The maximum absolute atomic E-state index is 12.9. The Balaban J connectivity index is 1.58. The SMILES string of the molecule is COCc1nc(OC)c2c(C)c(C(=O)NCC3(c4ccccc4)CC3)sc2n1. The minimum absolute atomic E-state index is 0.0712. The number of nitrogens with zero attached hydrogens (tertiary/aromatic N) is 2. The summed E-state index contributed by atoms with van der Waals surface area (Å²) in [6.45, 7) is 2.85. The standard InChI is InChI=1S/C21H23N3O3S/c1-13-16-19(27-3)23-15(11-26-2)24-20(16)28-17(13)18(25)22-12-21(9-10-21)14-7-5-4-6-8-14/h4-8H,9-12H2,1-3H3,(H,22,25). The zero-order valence-corrected chi connectivity index (χ0v) is 17.1. The van der Waals surface area contributed by atoms with Crippen LogP contribution in [0.4, 0.5) is 0 Å². The third-order valence-electron chi connectivity index (χ3n) is 5.30. The van der Waals surface area contributed by atoms with Crippen LogP contribution in [0, 0.1) is 6.92 Å². The number of hydrogen-bond donors (Lipinski definition) is 1. The topological polar surface area (TPSA) is 73.3 Å². The van der Waals surface area contributed by atoms with E-state index in [2.05, 4.69) is 39.6 Å². The molecule has 0 aliphatic heterocycles. The summed E-state index contributed by atoms with van der Waals surface area (Å²) in [5.41, 5.74) is 2.22. The first kappa shape index (κ1) is 18.8. The van der Waals surface area contributed by atoms with Gasteiger partial charge in [0.05, 0.1) is 17.4 Å². The molecule has 1 fully saturated rings. The number of carbonyl (C=O) groups excluding carboxylic acids is 1. The van der Waals surface area contributed by atoms with Gasteiger partial charge in [-0.25, -0.2) is 4.98 Å². The summed E-state index contributed by atoms with van der Waals surface area (Å²) in [5.74, 6) is 0.951. The molecule has 6 nitrogen and oxygen atoms in total. The number of fused-ring (bicyclic) bond motifs is 1. The van der Waals surface area contributed by atoms with Gasteiger partial charge in [0.1, 0.15) is 11.4 Å². The van der Waals surface area contributed by atoms with Crippen LogP contribution in [-0.2, 0) is 16.8 Å². The number of methoxy groups -OCH3 is 2. The van der Waals surface area contributed by atoms with Gasteiger partial charge in [-0.15, -0.1) is 11.3 Å². The van der Waals surface area contributed by atoms with Gasteiger partial charge in [0.25, 0.3) is 5.91 Å². The van der Waals surface area contributed by atoms with Gasteiger partial charge < -0.3 is 14.8 Å². The number of ether oxygens (including phenoxy) is 2. The third-order valence-corrected chi connectivity index (χ3v) is 6.49. The van der Waals surface area contributed by atoms with Crippen molar-refractivity contribution in [2.24, 2.45) is 0 Å². The van der Waals surface area contributed by atoms with E-state index in [0.29, 0.717) is 29.7 Å². The average Bonchev–Trinajstić information content (AvgIpc) is 3.44. The van der Waals surface area contributed by atoms with E-state index in [-0.39, 0.29) is 11.3 Å². The van der Waals surface area contributed by atoms with Crippen molar-refractivity contribution in [3.63, 3.8) is 0 Å². The average molecular weight is 398 g/mol. The monoisotopic (exact) mass is 397 g/mol. The summed E-state index contributed by atoms with van der Waals surface area (Å²) < 4.78 is 10.6. The van der Waals surface area contributed by atoms with E-state index in [1.807, 2.05) is 13.0 Å². The Labute approximate surface area is 167 Å². The zero-order valence-electron chi connectivity index (χ0n) is 16.2. The van der Waals surface area contributed by atoms with Gasteiger partial charge in [0, 0.05) is 19.1 Å². The highest BCUT2D eigenvalue weighted by Crippen LogP contribution is 2.47. The molecule has 0 radical (unpaired) electrons. The molecule has 0 atom stereocenters. The molecule has 1 aromatic carbocycles. The summed E-state index contributed by atoms with van der Waals surface area (Å²) in [6, 6.07) is 10.4. The fourth-order valence-corrected chi connectivity index (χ4v) is 4.65. The summed E-state index contributed by atoms with van der Waals surface area (Å²) in [4.78, 5) is 23.3. The molecule has 3 aromatic rings. The first-order valence-electron chi connectivity index (χ1n) is 9.24.